The molecule has 0 saturated heterocycles. The van der Waals surface area contributed by atoms with Gasteiger partial charge in [-0.25, -0.2) is 4.68 Å². The maximum Gasteiger partial charge on any atom is 0.306 e. The molecular formula is C30H53N5O10S. The van der Waals surface area contributed by atoms with E-state index in [0.29, 0.717) is 12.8 Å². The van der Waals surface area contributed by atoms with Gasteiger partial charge in [-0.15, -0.1) is 5.10 Å². The van der Waals surface area contributed by atoms with Crippen molar-refractivity contribution in [2.75, 3.05) is 23.4 Å². The van der Waals surface area contributed by atoms with Crippen molar-refractivity contribution in [2.24, 2.45) is 5.73 Å². The predicted molar refractivity (Wildman–Crippen MR) is 171 cm³/mol. The summed E-state index contributed by atoms with van der Waals surface area (Å²) in [6.07, 6.45) is 2.35. The fourth-order valence-corrected chi connectivity index (χ4v) is 5.96. The largest absolute Gasteiger partial charge is 0.462 e. The van der Waals surface area contributed by atoms with Crippen LogP contribution in [0.3, 0.4) is 0 Å². The summed E-state index contributed by atoms with van der Waals surface area (Å²) in [4.78, 5) is 37.4. The zero-order chi connectivity index (χ0) is 34.1. The van der Waals surface area contributed by atoms with Gasteiger partial charge in [0, 0.05) is 24.3 Å². The molecule has 8 atom stereocenters. The number of nitrogens with two attached hydrogens (primary N) is 1. The van der Waals surface area contributed by atoms with E-state index in [-0.39, 0.29) is 42.3 Å². The minimum Gasteiger partial charge on any atom is -0.462 e. The molecule has 16 heteroatoms. The molecule has 0 aromatic carbocycles. The van der Waals surface area contributed by atoms with Gasteiger partial charge in [0.2, 0.25) is 5.91 Å². The lowest BCUT2D eigenvalue weighted by Crippen LogP contribution is -2.61. The number of hydrogen-bond donors (Lipinski definition) is 7. The number of esters is 2. The van der Waals surface area contributed by atoms with Gasteiger partial charge in [-0.3, -0.25) is 14.4 Å². The third-order valence-electron chi connectivity index (χ3n) is 7.80. The van der Waals surface area contributed by atoms with E-state index >= 15 is 0 Å². The third-order valence-corrected chi connectivity index (χ3v) is 9.00. The van der Waals surface area contributed by atoms with Gasteiger partial charge in [-0.05, 0) is 12.8 Å². The van der Waals surface area contributed by atoms with Crippen LogP contribution in [0.4, 0.5) is 5.82 Å². The number of ether oxygens (including phenoxy) is 2. The van der Waals surface area contributed by atoms with Gasteiger partial charge in [0.15, 0.2) is 5.82 Å². The fourth-order valence-electron chi connectivity index (χ4n) is 4.99. The van der Waals surface area contributed by atoms with Crippen molar-refractivity contribution in [3.8, 4) is 0 Å². The Balaban J connectivity index is 1.86. The summed E-state index contributed by atoms with van der Waals surface area (Å²) in [7, 11) is 0. The number of amides is 1. The van der Waals surface area contributed by atoms with Gasteiger partial charge in [-0.1, -0.05) is 70.4 Å². The van der Waals surface area contributed by atoms with E-state index in [1.54, 1.807) is 0 Å². The van der Waals surface area contributed by atoms with Gasteiger partial charge in [-0.2, -0.15) is 11.8 Å². The lowest BCUT2D eigenvalue weighted by Gasteiger charge is -2.41. The van der Waals surface area contributed by atoms with Gasteiger partial charge in [0.25, 0.3) is 0 Å². The Morgan fingerprint density at radius 3 is 1.98 bits per heavy atom. The molecule has 1 aliphatic rings. The number of thioether (sulfide) groups is 1. The van der Waals surface area contributed by atoms with Crippen LogP contribution in [0.15, 0.2) is 6.20 Å². The molecule has 0 bridgehead atoms. The smallest absolute Gasteiger partial charge is 0.306 e. The van der Waals surface area contributed by atoms with Crippen molar-refractivity contribution in [1.82, 2.24) is 15.0 Å². The van der Waals surface area contributed by atoms with E-state index in [0.717, 1.165) is 62.5 Å². The fraction of sp³-hybridized carbons (Fsp3) is 0.833. The molecule has 1 aromatic rings. The number of nitrogens with one attached hydrogen (secondary N) is 1. The monoisotopic (exact) mass is 675 g/mol. The highest BCUT2D eigenvalue weighted by molar-refractivity contribution is 7.99. The Kier molecular flexibility index (Phi) is 18.6. The predicted octanol–water partition coefficient (Wildman–Crippen LogP) is 0.812. The van der Waals surface area contributed by atoms with Crippen molar-refractivity contribution in [3.63, 3.8) is 0 Å². The second-order valence-electron chi connectivity index (χ2n) is 11.8. The molecule has 46 heavy (non-hydrogen) atoms. The first kappa shape index (κ1) is 39.8. The molecule has 8 N–H and O–H groups in total. The first-order valence-corrected chi connectivity index (χ1v) is 17.5. The minimum absolute atomic E-state index is 0.0627. The van der Waals surface area contributed by atoms with Crippen LogP contribution in [0.25, 0.3) is 0 Å². The van der Waals surface area contributed by atoms with Crippen LogP contribution in [0.2, 0.25) is 0 Å². The molecule has 1 amide bonds. The van der Waals surface area contributed by atoms with E-state index in [9.17, 15) is 39.9 Å². The molecule has 1 unspecified atom stereocenters. The zero-order valence-electron chi connectivity index (χ0n) is 26.9. The number of unbranched alkanes of at least 4 members (excludes halogenated alkanes) is 8. The lowest BCUT2D eigenvalue weighted by molar-refractivity contribution is -0.200. The highest BCUT2D eigenvalue weighted by Gasteiger charge is 2.49. The summed E-state index contributed by atoms with van der Waals surface area (Å²) in [6.45, 7) is 4.15. The van der Waals surface area contributed by atoms with Gasteiger partial charge >= 0.3 is 11.9 Å². The van der Waals surface area contributed by atoms with E-state index < -0.39 is 54.6 Å². The number of aliphatic hydroxyl groups excluding tert-OH is 5. The summed E-state index contributed by atoms with van der Waals surface area (Å²) in [6, 6.07) is -2.36. The first-order chi connectivity index (χ1) is 22.0. The third kappa shape index (κ3) is 13.4. The molecule has 1 saturated carbocycles. The van der Waals surface area contributed by atoms with E-state index in [2.05, 4.69) is 29.5 Å². The molecule has 0 aliphatic heterocycles. The molecule has 1 aliphatic carbocycles. The molecule has 15 nitrogen and oxygen atoms in total. The van der Waals surface area contributed by atoms with E-state index in [1.807, 2.05) is 0 Å². The van der Waals surface area contributed by atoms with Crippen molar-refractivity contribution < 1.29 is 49.4 Å². The van der Waals surface area contributed by atoms with Crippen LogP contribution in [0.1, 0.15) is 96.9 Å². The second-order valence-corrected chi connectivity index (χ2v) is 12.9. The summed E-state index contributed by atoms with van der Waals surface area (Å²) >= 11 is 1.25. The number of carbonyl (C=O) groups excluding carboxylic acids is 3. The maximum absolute atomic E-state index is 12.7. The molecule has 1 aromatic heterocycles. The Bertz CT molecular complexity index is 1030. The van der Waals surface area contributed by atoms with Crippen LogP contribution in [0, 0.1) is 0 Å². The van der Waals surface area contributed by atoms with Gasteiger partial charge in [0.05, 0.1) is 12.2 Å². The molecule has 2 rings (SSSR count). The van der Waals surface area contributed by atoms with Crippen LogP contribution in [-0.4, -0.2) is 119 Å². The molecular weight excluding hydrogens is 622 g/mol. The summed E-state index contributed by atoms with van der Waals surface area (Å²) < 4.78 is 12.0. The number of carbonyl (C=O) groups is 3. The van der Waals surface area contributed by atoms with Crippen molar-refractivity contribution in [2.45, 2.75) is 140 Å². The summed E-state index contributed by atoms with van der Waals surface area (Å²) in [5.41, 5.74) is 6.06. The van der Waals surface area contributed by atoms with Crippen molar-refractivity contribution in [1.29, 1.82) is 0 Å². The Morgan fingerprint density at radius 2 is 1.39 bits per heavy atom. The highest BCUT2D eigenvalue weighted by Crippen LogP contribution is 2.30. The minimum atomic E-state index is -1.76. The number of nitrogens with zero attached hydrogens (tertiary/aromatic N) is 3. The molecule has 0 radical (unpaired) electrons. The average molecular weight is 676 g/mol. The van der Waals surface area contributed by atoms with Crippen LogP contribution in [-0.2, 0) is 23.9 Å². The lowest BCUT2D eigenvalue weighted by atomic mass is 9.83. The SMILES string of the molecule is CCCCCCCC(=O)OC[C@H](CSC[C@@H](N)C(=O)Nc1cn(C2[C@H](O)[C@H](O)[C@@H](O)[C@H](O)[C@H]2O)nn1)OC(=O)CCCCCCC. The average Bonchev–Trinajstić information content (AvgIpc) is 3.48. The number of hydrogen-bond acceptors (Lipinski definition) is 14. The Labute approximate surface area is 274 Å². The van der Waals surface area contributed by atoms with Gasteiger partial charge < -0.3 is 46.1 Å². The molecule has 1 heterocycles. The van der Waals surface area contributed by atoms with Crippen LogP contribution >= 0.6 is 11.8 Å². The summed E-state index contributed by atoms with van der Waals surface area (Å²) in [5, 5.41) is 60.3. The quantitative estimate of drug-likeness (QED) is 0.0665. The zero-order valence-corrected chi connectivity index (χ0v) is 27.7. The standard InChI is InChI=1S/C30H53N5O10S/c1-3-5-7-9-11-13-22(36)44-16-19(45-23(37)14-12-10-8-6-4-2)17-46-18-20(31)30(43)32-21-15-35(34-33-21)24-25(38)27(40)29(42)28(41)26(24)39/h15,19-20,24-29,38-42H,3-14,16-18,31H2,1-2H3,(H,32,43)/t19-,20-,24?,25+,26+,27-,28+,29+/m1/s1. The topological polar surface area (TPSA) is 240 Å². The first-order valence-electron chi connectivity index (χ1n) is 16.3. The molecule has 1 fully saturated rings. The van der Waals surface area contributed by atoms with Crippen molar-refractivity contribution in [3.05, 3.63) is 6.20 Å². The van der Waals surface area contributed by atoms with Crippen LogP contribution < -0.4 is 11.1 Å². The number of anilines is 1. The maximum atomic E-state index is 12.7. The Morgan fingerprint density at radius 1 is 0.848 bits per heavy atom. The molecule has 0 spiro atoms. The number of rotatable bonds is 22. The van der Waals surface area contributed by atoms with E-state index in [1.165, 1.54) is 18.0 Å². The summed E-state index contributed by atoms with van der Waals surface area (Å²) in [5.74, 6) is -1.02. The van der Waals surface area contributed by atoms with Crippen molar-refractivity contribution >= 4 is 35.4 Å². The van der Waals surface area contributed by atoms with Crippen LogP contribution in [0.5, 0.6) is 0 Å². The number of aromatic nitrogens is 3. The molecule has 264 valence electrons. The normalized spacial score (nSPS) is 24.3. The Hall–Kier alpha value is -2.34. The van der Waals surface area contributed by atoms with Gasteiger partial charge in [0.1, 0.15) is 49.3 Å². The van der Waals surface area contributed by atoms with E-state index in [4.69, 9.17) is 15.2 Å². The highest BCUT2D eigenvalue weighted by atomic mass is 32.2. The number of aliphatic hydroxyl groups is 5. The second kappa shape index (κ2) is 21.5.